The molecule has 0 radical (unpaired) electrons. The Morgan fingerprint density at radius 3 is 1.64 bits per heavy atom. The van der Waals surface area contributed by atoms with Crippen LogP contribution in [0, 0.1) is 128 Å². The van der Waals surface area contributed by atoms with Crippen molar-refractivity contribution >= 4 is 45.0 Å². The smallest absolute Gasteiger partial charge is 0.310 e. The van der Waals surface area contributed by atoms with E-state index in [0.717, 1.165) is 189 Å². The van der Waals surface area contributed by atoms with Crippen molar-refractivity contribution in [2.45, 2.75) is 270 Å². The van der Waals surface area contributed by atoms with Crippen molar-refractivity contribution in [1.82, 2.24) is 59.0 Å². The average Bonchev–Trinajstić information content (AvgIpc) is 1.37. The fourth-order valence-electron chi connectivity index (χ4n) is 27.2. The number of nitro groups is 1. The number of benzene rings is 1. The van der Waals surface area contributed by atoms with Crippen molar-refractivity contribution in [2.24, 2.45) is 118 Å². The number of carbonyl (C=O) groups excluding carboxylic acids is 3. The summed E-state index contributed by atoms with van der Waals surface area (Å²) in [7, 11) is 18.3. The van der Waals surface area contributed by atoms with Crippen LogP contribution in [0.3, 0.4) is 0 Å². The van der Waals surface area contributed by atoms with Gasteiger partial charge in [-0.2, -0.15) is 4.72 Å². The molecular formula is C100H175N13O13S2. The Morgan fingerprint density at radius 1 is 0.492 bits per heavy atom. The summed E-state index contributed by atoms with van der Waals surface area (Å²) in [5.74, 6) is 13.2. The van der Waals surface area contributed by atoms with E-state index in [0.29, 0.717) is 114 Å². The van der Waals surface area contributed by atoms with Gasteiger partial charge in [-0.15, -0.1) is 0 Å². The monoisotopic (exact) mass is 1830 g/mol. The predicted molar refractivity (Wildman–Crippen MR) is 512 cm³/mol. The highest BCUT2D eigenvalue weighted by Gasteiger charge is 2.53. The number of hydrogen-bond donors (Lipinski definition) is 2. The lowest BCUT2D eigenvalue weighted by Crippen LogP contribution is -2.63. The molecule has 28 heteroatoms. The van der Waals surface area contributed by atoms with Crippen molar-refractivity contribution in [3.05, 3.63) is 46.0 Å². The molecule has 1 amide bonds. The highest BCUT2D eigenvalue weighted by atomic mass is 32.2. The molecule has 34 unspecified atom stereocenters. The van der Waals surface area contributed by atoms with Crippen molar-refractivity contribution in [3.63, 3.8) is 0 Å². The van der Waals surface area contributed by atoms with E-state index in [2.05, 4.69) is 215 Å². The average molecular weight is 1830 g/mol. The largest absolute Gasteiger partial charge is 0.482 e. The number of carbonyl (C=O) groups is 3. The maximum Gasteiger partial charge on any atom is 0.310 e. The van der Waals surface area contributed by atoms with Crippen LogP contribution >= 0.6 is 12.2 Å². The van der Waals surface area contributed by atoms with Crippen LogP contribution < -0.4 is 10.0 Å². The van der Waals surface area contributed by atoms with Crippen LogP contribution in [0.25, 0.3) is 0 Å². The molecule has 2 saturated carbocycles. The standard InChI is InChI=1S/C15H21NO.C11H22N2O2S.C11H21NO2.C11H21N.C10H19N.C9H16N2O3.C9H15NO.C8H14N2O.C8H13NO2.C8H13NOS/c1-11-8-13-9-17-10-14(16(13)2)15(11)12-6-4-3-5-7-12;1-8-9-5-4-6-10(8)11(13(2)7-9)12-16(3,14)15;1-4-14-11-10-7-13-6-9(8(10)2)5-12(11)3;1-8-7-10-5-4-6-11(9(8)2)12(10)3;1-8-6-9-4-3-5-10(7-8)11(9)2;1-6-3-7-4-14-5-8(10(7)2)9(6)11(12)13;1-6-7-3-9(11)8(6)5-10(2)4-7;1-5-6-3-10(2)4-7(5)9-8(6)11;1-5-6-3-9(2)4-7(5)11-8(6)10;1-5-6-3-9(2)4-7(5)10-8(6)11/h3-7,11,13-15H,8-10H2,1-2H3;8-12H,4-7H2,1-3H3;8-11H,4-7H2,1-3H3;8-11H,4-7H2,1-3H3;8-10H,3-7H2,1-2H3;6-9H,3-5H2,1-2H3;6-8H,3-5H2,1-2H3;5-7H,3-4H2,1-2H3,(H,9,11);2*5-7H,3-4H2,1-2H3. The number of ether oxygens (including phenoxy) is 6. The molecule has 1 aromatic rings. The molecule has 1 aromatic carbocycles. The Kier molecular flexibility index (Phi) is 37.2. The Hall–Kier alpha value is -3.53. The maximum absolute atomic E-state index is 11.4. The van der Waals surface area contributed by atoms with Gasteiger partial charge in [0.15, 0.2) is 5.05 Å². The van der Waals surface area contributed by atoms with Gasteiger partial charge in [0.05, 0.1) is 63.9 Å². The molecule has 34 atom stereocenters. The second-order valence-electron chi connectivity index (χ2n) is 44.7. The van der Waals surface area contributed by atoms with E-state index >= 15 is 0 Å². The molecule has 128 heavy (non-hydrogen) atoms. The van der Waals surface area contributed by atoms with Gasteiger partial charge in [0.2, 0.25) is 22.0 Å². The Bertz CT molecular complexity index is 3640. The summed E-state index contributed by atoms with van der Waals surface area (Å²) >= 11 is 5.14. The highest BCUT2D eigenvalue weighted by molar-refractivity contribution is 7.88. The number of esters is 1. The SMILES string of the molecule is CC1C2CC(=O)C1CN(C)C2.CC1C2CCCC1C(NS(C)(=O)=O)N(C)C2.CC1C2CN(C)CC1C(=O)N2.CC1C2CN(C)CC1C(=O)O2.CC1C2CN(C)CC1C(=S)O2.CC1CC2CCCC(C1)N2C.CC1CC2CCCC(C1C)N2C.CC1CC2COCC(C1[N+](=O)[O-])N2C.CC1CC2COCC(C1c1ccccc1)N2C.CCOC1C2COCC(CN1C)C2C. The van der Waals surface area contributed by atoms with Gasteiger partial charge in [-0.25, -0.2) is 8.42 Å². The van der Waals surface area contributed by atoms with Crippen LogP contribution in [0.5, 0.6) is 0 Å². The van der Waals surface area contributed by atoms with E-state index in [1.807, 2.05) is 28.1 Å². The Balaban J connectivity index is 0.000000129. The van der Waals surface area contributed by atoms with Crippen molar-refractivity contribution in [3.8, 4) is 0 Å². The quantitative estimate of drug-likeness (QED) is 0.116. The third-order valence-electron chi connectivity index (χ3n) is 35.8. The van der Waals surface area contributed by atoms with Gasteiger partial charge in [0.25, 0.3) is 0 Å². The fraction of sp³-hybridized carbons (Fsp3) is 0.900. The molecule has 0 aromatic heterocycles. The lowest BCUT2D eigenvalue weighted by molar-refractivity contribution is -0.546. The third-order valence-corrected chi connectivity index (χ3v) is 36.9. The van der Waals surface area contributed by atoms with Crippen LogP contribution in [0.1, 0.15) is 191 Å². The number of nitrogens with zero attached hydrogens (tertiary/aromatic N) is 11. The summed E-state index contributed by atoms with van der Waals surface area (Å²) in [5.41, 5.74) is 1.47. The lowest BCUT2D eigenvalue weighted by atomic mass is 9.69. The second-order valence-corrected chi connectivity index (χ2v) is 46.9. The number of nitrogens with one attached hydrogen (secondary N) is 2. The molecule has 21 rings (SSSR count). The summed E-state index contributed by atoms with van der Waals surface area (Å²) in [4.78, 5) is 68.1. The number of thiocarbonyl (C=S) groups is 1. The number of sulfonamides is 1. The van der Waals surface area contributed by atoms with Gasteiger partial charge in [-0.05, 0) is 237 Å². The summed E-state index contributed by atoms with van der Waals surface area (Å²) < 4.78 is 58.9. The lowest BCUT2D eigenvalue weighted by Gasteiger charge is -2.50. The summed E-state index contributed by atoms with van der Waals surface area (Å²) in [6, 6.07) is 16.1. The molecule has 18 heterocycles. The minimum Gasteiger partial charge on any atom is -0.482 e. The molecule has 18 aliphatic heterocycles. The second kappa shape index (κ2) is 46.1. The number of piperidine rings is 12. The first kappa shape index (κ1) is 103. The zero-order valence-electron chi connectivity index (χ0n) is 83.3. The Morgan fingerprint density at radius 2 is 1.02 bits per heavy atom. The van der Waals surface area contributed by atoms with Crippen molar-refractivity contribution in [2.75, 3.05) is 188 Å². The van der Waals surface area contributed by atoms with Crippen molar-refractivity contribution in [1.29, 1.82) is 0 Å². The summed E-state index contributed by atoms with van der Waals surface area (Å²) in [6.07, 6.45) is 21.8. The normalized spacial score (nSPS) is 43.5. The third kappa shape index (κ3) is 25.1. The number of Topliss-reactive ketones (excluding diaryl/α,β-unsaturated/α-hetero) is 1. The number of amides is 1. The zero-order chi connectivity index (χ0) is 92.8. The van der Waals surface area contributed by atoms with Gasteiger partial charge in [-0.1, -0.05) is 126 Å². The van der Waals surface area contributed by atoms with E-state index < -0.39 is 16.1 Å². The molecule has 18 saturated heterocycles. The Labute approximate surface area is 778 Å². The molecule has 20 aliphatic rings. The van der Waals surface area contributed by atoms with E-state index in [1.165, 1.54) is 88.9 Å². The number of rotatable bonds is 6. The topological polar surface area (TPSA) is 240 Å². The molecule has 0 spiro atoms. The first-order chi connectivity index (χ1) is 60.7. The minimum absolute atomic E-state index is 0.00144. The fourth-order valence-corrected chi connectivity index (χ4v) is 28.4. The molecule has 20 bridgehead atoms. The highest BCUT2D eigenvalue weighted by Crippen LogP contribution is 2.47. The van der Waals surface area contributed by atoms with E-state index in [-0.39, 0.29) is 59.1 Å². The van der Waals surface area contributed by atoms with Crippen LogP contribution in [0.15, 0.2) is 30.3 Å². The van der Waals surface area contributed by atoms with E-state index in [9.17, 15) is 32.9 Å². The maximum atomic E-state index is 11.4. The number of likely N-dealkylation sites (tertiary alicyclic amines) is 6. The molecule has 2 N–H and O–H groups in total. The number of morpholine rings is 2. The minimum atomic E-state index is -3.11. The van der Waals surface area contributed by atoms with Crippen LogP contribution in [-0.2, 0) is 52.8 Å². The number of likely N-dealkylation sites (N-methyl/N-ethyl adjacent to an activating group) is 5. The van der Waals surface area contributed by atoms with Crippen molar-refractivity contribution < 1.29 is 56.1 Å². The number of ketones is 1. The molecule has 26 nitrogen and oxygen atoms in total. The van der Waals surface area contributed by atoms with Crippen LogP contribution in [0.2, 0.25) is 0 Å². The van der Waals surface area contributed by atoms with E-state index in [1.54, 1.807) is 0 Å². The van der Waals surface area contributed by atoms with Gasteiger partial charge in [-0.3, -0.25) is 44.1 Å². The van der Waals surface area contributed by atoms with Crippen LogP contribution in [-0.4, -0.2) is 358 Å². The van der Waals surface area contributed by atoms with Gasteiger partial charge >= 0.3 is 5.97 Å². The first-order valence-corrected chi connectivity index (χ1v) is 52.8. The number of fused-ring (bicyclic) bond motifs is 20. The number of hydrogen-bond acceptors (Lipinski definition) is 24. The predicted octanol–water partition coefficient (Wildman–Crippen LogP) is 11.2. The van der Waals surface area contributed by atoms with Gasteiger partial charge in [0, 0.05) is 173 Å². The summed E-state index contributed by atoms with van der Waals surface area (Å²) in [5, 5.41) is 14.8. The summed E-state index contributed by atoms with van der Waals surface area (Å²) in [6.45, 7) is 42.8. The molecular weight excluding hydrogens is 1660 g/mol. The van der Waals surface area contributed by atoms with Gasteiger partial charge in [0.1, 0.15) is 30.3 Å². The van der Waals surface area contributed by atoms with E-state index in [4.69, 9.17) is 40.6 Å². The zero-order valence-corrected chi connectivity index (χ0v) is 84.9. The van der Waals surface area contributed by atoms with Gasteiger partial charge < -0.3 is 63.1 Å². The first-order valence-electron chi connectivity index (χ1n) is 50.5. The molecule has 20 fully saturated rings. The molecule has 2 aliphatic carbocycles. The molecule has 730 valence electrons. The van der Waals surface area contributed by atoms with Crippen LogP contribution in [0.4, 0.5) is 0 Å².